The molecule has 0 unspecified atom stereocenters. The molecular weight excluding hydrogens is 301 g/mol. The number of ether oxygens (including phenoxy) is 1. The highest BCUT2D eigenvalue weighted by atomic mass is 19.1. The first-order valence-corrected chi connectivity index (χ1v) is 6.96. The van der Waals surface area contributed by atoms with Crippen molar-refractivity contribution in [1.29, 1.82) is 0 Å². The van der Waals surface area contributed by atoms with Gasteiger partial charge in [-0.15, -0.1) is 0 Å². The van der Waals surface area contributed by atoms with Gasteiger partial charge >= 0.3 is 5.69 Å². The van der Waals surface area contributed by atoms with Gasteiger partial charge in [0.15, 0.2) is 0 Å². The van der Waals surface area contributed by atoms with Crippen molar-refractivity contribution in [3.05, 3.63) is 65.1 Å². The predicted molar refractivity (Wildman–Crippen MR) is 81.8 cm³/mol. The molecule has 0 atom stereocenters. The molecule has 0 bridgehead atoms. The summed E-state index contributed by atoms with van der Waals surface area (Å²) < 4.78 is 20.3. The number of rotatable bonds is 5. The Labute approximate surface area is 130 Å². The van der Waals surface area contributed by atoms with Crippen molar-refractivity contribution in [2.24, 2.45) is 0 Å². The third-order valence-electron chi connectivity index (χ3n) is 3.32. The Morgan fingerprint density at radius 2 is 2.09 bits per heavy atom. The van der Waals surface area contributed by atoms with E-state index in [1.165, 1.54) is 18.5 Å². The smallest absolute Gasteiger partial charge is 0.328 e. The summed E-state index contributed by atoms with van der Waals surface area (Å²) in [5.74, 6) is 0.00997. The topological polar surface area (TPSA) is 80.1 Å². The van der Waals surface area contributed by atoms with Gasteiger partial charge < -0.3 is 14.8 Å². The maximum atomic E-state index is 13.7. The quantitative estimate of drug-likeness (QED) is 0.756. The van der Waals surface area contributed by atoms with E-state index < -0.39 is 5.69 Å². The minimum atomic E-state index is -0.404. The fourth-order valence-electron chi connectivity index (χ4n) is 2.15. The summed E-state index contributed by atoms with van der Waals surface area (Å²) >= 11 is 0. The van der Waals surface area contributed by atoms with Gasteiger partial charge in [-0.1, -0.05) is 12.1 Å². The lowest BCUT2D eigenvalue weighted by atomic mass is 10.1. The second-order valence-electron chi connectivity index (χ2n) is 4.81. The van der Waals surface area contributed by atoms with Gasteiger partial charge in [0.25, 0.3) is 0 Å². The van der Waals surface area contributed by atoms with Crippen LogP contribution in [-0.4, -0.2) is 26.2 Å². The van der Waals surface area contributed by atoms with Gasteiger partial charge in [-0.25, -0.2) is 9.18 Å². The molecule has 0 amide bonds. The Hall–Kier alpha value is -3.09. The van der Waals surface area contributed by atoms with Gasteiger partial charge in [0.2, 0.25) is 5.88 Å². The zero-order chi connectivity index (χ0) is 16.2. The molecule has 2 heterocycles. The lowest BCUT2D eigenvalue weighted by Crippen LogP contribution is -2.20. The van der Waals surface area contributed by atoms with Gasteiger partial charge in [-0.3, -0.25) is 9.55 Å². The van der Waals surface area contributed by atoms with E-state index in [0.717, 1.165) is 4.57 Å². The third kappa shape index (κ3) is 3.23. The zero-order valence-electron chi connectivity index (χ0n) is 12.1. The number of halogens is 1. The number of pyridine rings is 1. The van der Waals surface area contributed by atoms with Gasteiger partial charge in [-0.05, 0) is 24.3 Å². The lowest BCUT2D eigenvalue weighted by Gasteiger charge is -2.08. The Balaban J connectivity index is 1.64. The Morgan fingerprint density at radius 1 is 1.26 bits per heavy atom. The molecule has 0 spiro atoms. The van der Waals surface area contributed by atoms with Crippen LogP contribution in [0.15, 0.2) is 53.6 Å². The number of H-pyrrole nitrogens is 1. The standard InChI is InChI=1S/C16H14FN3O3/c17-13-4-2-1-3-12(13)14-6-5-11(9-18-14)23-8-7-20-15(21)10-19-16(20)22/h1-6,9-10,21H,7-8H2,(H,19,22). The molecule has 1 aromatic carbocycles. The van der Waals surface area contributed by atoms with E-state index in [4.69, 9.17) is 4.74 Å². The Morgan fingerprint density at radius 3 is 2.74 bits per heavy atom. The van der Waals surface area contributed by atoms with Gasteiger partial charge in [0, 0.05) is 5.56 Å². The van der Waals surface area contributed by atoms with Crippen LogP contribution in [0.25, 0.3) is 11.3 Å². The van der Waals surface area contributed by atoms with Crippen LogP contribution in [0, 0.1) is 5.82 Å². The highest BCUT2D eigenvalue weighted by molar-refractivity contribution is 5.60. The molecule has 0 aliphatic rings. The van der Waals surface area contributed by atoms with Crippen LogP contribution in [0.5, 0.6) is 11.6 Å². The largest absolute Gasteiger partial charge is 0.493 e. The third-order valence-corrected chi connectivity index (χ3v) is 3.32. The molecule has 0 aliphatic carbocycles. The Bertz CT molecular complexity index is 856. The van der Waals surface area contributed by atoms with Gasteiger partial charge in [0.1, 0.15) is 18.2 Å². The van der Waals surface area contributed by atoms with E-state index in [1.54, 1.807) is 30.3 Å². The minimum absolute atomic E-state index is 0.147. The number of aromatic amines is 1. The molecule has 3 rings (SSSR count). The molecule has 3 aromatic rings. The number of imidazole rings is 1. The van der Waals surface area contributed by atoms with Crippen molar-refractivity contribution >= 4 is 0 Å². The van der Waals surface area contributed by atoms with E-state index in [2.05, 4.69) is 9.97 Å². The highest BCUT2D eigenvalue weighted by Crippen LogP contribution is 2.22. The first-order valence-electron chi connectivity index (χ1n) is 6.96. The highest BCUT2D eigenvalue weighted by Gasteiger charge is 2.07. The van der Waals surface area contributed by atoms with Crippen LogP contribution in [0.4, 0.5) is 4.39 Å². The normalized spacial score (nSPS) is 10.7. The molecular formula is C16H14FN3O3. The SMILES string of the molecule is O=c1[nH]cc(O)n1CCOc1ccc(-c2ccccc2F)nc1. The van der Waals surface area contributed by atoms with E-state index in [0.29, 0.717) is 17.0 Å². The summed E-state index contributed by atoms with van der Waals surface area (Å²) in [7, 11) is 0. The summed E-state index contributed by atoms with van der Waals surface area (Å²) in [4.78, 5) is 17.9. The van der Waals surface area contributed by atoms with Crippen LogP contribution >= 0.6 is 0 Å². The number of aromatic hydroxyl groups is 1. The van der Waals surface area contributed by atoms with E-state index in [-0.39, 0.29) is 24.8 Å². The average Bonchev–Trinajstić information content (AvgIpc) is 2.88. The molecule has 6 nitrogen and oxygen atoms in total. The molecule has 0 saturated carbocycles. The van der Waals surface area contributed by atoms with Crippen molar-refractivity contribution < 1.29 is 14.2 Å². The fraction of sp³-hybridized carbons (Fsp3) is 0.125. The van der Waals surface area contributed by atoms with Crippen LogP contribution in [0.1, 0.15) is 0 Å². The summed E-state index contributed by atoms with van der Waals surface area (Å²) in [6, 6.07) is 9.73. The van der Waals surface area contributed by atoms with E-state index in [9.17, 15) is 14.3 Å². The van der Waals surface area contributed by atoms with Gasteiger partial charge in [-0.2, -0.15) is 0 Å². The first-order chi connectivity index (χ1) is 11.1. The van der Waals surface area contributed by atoms with Crippen LogP contribution in [0.3, 0.4) is 0 Å². The molecule has 7 heteroatoms. The van der Waals surface area contributed by atoms with Crippen LogP contribution < -0.4 is 10.4 Å². The maximum Gasteiger partial charge on any atom is 0.328 e. The first kappa shape index (κ1) is 14.8. The number of nitrogens with zero attached hydrogens (tertiary/aromatic N) is 2. The van der Waals surface area contributed by atoms with Gasteiger partial charge in [0.05, 0.1) is 24.6 Å². The summed E-state index contributed by atoms with van der Waals surface area (Å²) in [5.41, 5.74) is 0.525. The summed E-state index contributed by atoms with van der Waals surface area (Å²) in [6.45, 7) is 0.384. The molecule has 0 fully saturated rings. The Kier molecular flexibility index (Phi) is 4.09. The van der Waals surface area contributed by atoms with Crippen LogP contribution in [-0.2, 0) is 6.54 Å². The van der Waals surface area contributed by atoms with Crippen molar-refractivity contribution in [3.63, 3.8) is 0 Å². The van der Waals surface area contributed by atoms with Crippen molar-refractivity contribution in [2.75, 3.05) is 6.61 Å². The maximum absolute atomic E-state index is 13.7. The molecule has 0 aliphatic heterocycles. The molecule has 0 radical (unpaired) electrons. The van der Waals surface area contributed by atoms with E-state index in [1.807, 2.05) is 0 Å². The second kappa shape index (κ2) is 6.35. The van der Waals surface area contributed by atoms with E-state index >= 15 is 0 Å². The molecule has 2 N–H and O–H groups in total. The number of nitrogens with one attached hydrogen (secondary N) is 1. The van der Waals surface area contributed by atoms with Crippen molar-refractivity contribution in [3.8, 4) is 22.9 Å². The summed E-state index contributed by atoms with van der Waals surface area (Å²) in [5, 5.41) is 9.45. The monoisotopic (exact) mass is 315 g/mol. The number of hydrogen-bond acceptors (Lipinski definition) is 4. The zero-order valence-corrected chi connectivity index (χ0v) is 12.1. The second-order valence-corrected chi connectivity index (χ2v) is 4.81. The minimum Gasteiger partial charge on any atom is -0.493 e. The molecule has 0 saturated heterocycles. The molecule has 118 valence electrons. The van der Waals surface area contributed by atoms with Crippen molar-refractivity contribution in [1.82, 2.24) is 14.5 Å². The van der Waals surface area contributed by atoms with Crippen LogP contribution in [0.2, 0.25) is 0 Å². The lowest BCUT2D eigenvalue weighted by molar-refractivity contribution is 0.285. The number of benzene rings is 1. The molecule has 2 aromatic heterocycles. The number of aromatic nitrogens is 3. The van der Waals surface area contributed by atoms with Crippen molar-refractivity contribution in [2.45, 2.75) is 6.54 Å². The summed E-state index contributed by atoms with van der Waals surface area (Å²) in [6.07, 6.45) is 2.70. The molecule has 23 heavy (non-hydrogen) atoms. The number of hydrogen-bond donors (Lipinski definition) is 2. The average molecular weight is 315 g/mol. The predicted octanol–water partition coefficient (Wildman–Crippen LogP) is 2.16. The fourth-order valence-corrected chi connectivity index (χ4v) is 2.15.